The summed E-state index contributed by atoms with van der Waals surface area (Å²) in [5, 5.41) is 9.34. The summed E-state index contributed by atoms with van der Waals surface area (Å²) < 4.78 is 0. The highest BCUT2D eigenvalue weighted by molar-refractivity contribution is 5.99. The van der Waals surface area contributed by atoms with E-state index in [1.165, 1.54) is 18.5 Å². The Morgan fingerprint density at radius 1 is 1.54 bits per heavy atom. The Hall–Kier alpha value is -2.04. The minimum atomic E-state index is -0.658. The number of aromatic hydroxyl groups is 1. The van der Waals surface area contributed by atoms with Crippen LogP contribution in [0.3, 0.4) is 0 Å². The van der Waals surface area contributed by atoms with Gasteiger partial charge in [0.15, 0.2) is 0 Å². The fraction of sp³-hybridized carbons (Fsp3) is 0. The molecule has 0 saturated heterocycles. The first-order valence-corrected chi connectivity index (χ1v) is 3.64. The predicted octanol–water partition coefficient (Wildman–Crippen LogP) is 0.367. The molecular weight excluding hydrogens is 170 g/mol. The number of amides is 1. The number of primary amides is 1. The van der Waals surface area contributed by atoms with E-state index >= 15 is 0 Å². The lowest BCUT2D eigenvalue weighted by molar-refractivity contribution is 0.0998. The fourth-order valence-corrected chi connectivity index (χ4v) is 1.17. The number of nitrogens with one attached hydrogen (secondary N) is 1. The van der Waals surface area contributed by atoms with Crippen molar-refractivity contribution >= 4 is 16.9 Å². The van der Waals surface area contributed by atoms with Crippen LogP contribution in [0.1, 0.15) is 10.4 Å². The Kier molecular flexibility index (Phi) is 1.45. The first kappa shape index (κ1) is 7.60. The van der Waals surface area contributed by atoms with Crippen molar-refractivity contribution in [2.24, 2.45) is 5.73 Å². The molecule has 66 valence electrons. The Morgan fingerprint density at radius 2 is 2.31 bits per heavy atom. The molecule has 5 heteroatoms. The number of aromatic nitrogens is 2. The smallest absolute Gasteiger partial charge is 0.252 e. The van der Waals surface area contributed by atoms with Gasteiger partial charge in [0.2, 0.25) is 0 Å². The third-order valence-electron chi connectivity index (χ3n) is 1.80. The van der Waals surface area contributed by atoms with Crippen LogP contribution < -0.4 is 5.73 Å². The maximum Gasteiger partial charge on any atom is 0.252 e. The van der Waals surface area contributed by atoms with Crippen molar-refractivity contribution in [1.82, 2.24) is 9.97 Å². The molecule has 0 spiro atoms. The lowest BCUT2D eigenvalue weighted by atomic mass is 10.1. The first-order valence-electron chi connectivity index (χ1n) is 3.64. The number of nitrogens with zero attached hydrogens (tertiary/aromatic N) is 1. The third kappa shape index (κ3) is 1.10. The molecule has 0 bridgehead atoms. The van der Waals surface area contributed by atoms with Gasteiger partial charge >= 0.3 is 0 Å². The molecule has 1 aromatic carbocycles. The standard InChI is InChI=1S/C8H7N3O2/c9-8(13)4-1-5-6(2-7(4)12)11-3-10-5/h1-3,12H,(H2,9,13)(H,10,11). The van der Waals surface area contributed by atoms with Gasteiger partial charge in [-0.15, -0.1) is 0 Å². The van der Waals surface area contributed by atoms with Crippen LogP contribution in [0.4, 0.5) is 0 Å². The summed E-state index contributed by atoms with van der Waals surface area (Å²) >= 11 is 0. The summed E-state index contributed by atoms with van der Waals surface area (Å²) in [5.41, 5.74) is 6.41. The SMILES string of the molecule is NC(=O)c1cc2[nH]cnc2cc1O. The Morgan fingerprint density at radius 3 is 3.00 bits per heavy atom. The largest absolute Gasteiger partial charge is 0.507 e. The number of aromatic amines is 1. The van der Waals surface area contributed by atoms with Gasteiger partial charge in [0.05, 0.1) is 22.9 Å². The van der Waals surface area contributed by atoms with E-state index in [0.29, 0.717) is 11.0 Å². The molecule has 0 fully saturated rings. The van der Waals surface area contributed by atoms with E-state index in [4.69, 9.17) is 5.73 Å². The minimum Gasteiger partial charge on any atom is -0.507 e. The van der Waals surface area contributed by atoms with Crippen molar-refractivity contribution in [3.05, 3.63) is 24.0 Å². The van der Waals surface area contributed by atoms with Crippen molar-refractivity contribution in [3.63, 3.8) is 0 Å². The van der Waals surface area contributed by atoms with E-state index in [9.17, 15) is 9.90 Å². The molecule has 4 N–H and O–H groups in total. The fourth-order valence-electron chi connectivity index (χ4n) is 1.17. The number of hydrogen-bond donors (Lipinski definition) is 3. The molecule has 1 amide bonds. The second-order valence-corrected chi connectivity index (χ2v) is 2.65. The second kappa shape index (κ2) is 2.48. The summed E-state index contributed by atoms with van der Waals surface area (Å²) in [6, 6.07) is 2.87. The molecule has 2 aromatic rings. The van der Waals surface area contributed by atoms with Gasteiger partial charge in [-0.2, -0.15) is 0 Å². The van der Waals surface area contributed by atoms with Crippen LogP contribution in [0.2, 0.25) is 0 Å². The maximum atomic E-state index is 10.8. The molecule has 0 aliphatic carbocycles. The van der Waals surface area contributed by atoms with Gasteiger partial charge in [0, 0.05) is 6.07 Å². The van der Waals surface area contributed by atoms with Gasteiger partial charge in [-0.05, 0) is 6.07 Å². The molecule has 0 radical (unpaired) electrons. The molecule has 0 aliphatic heterocycles. The van der Waals surface area contributed by atoms with E-state index in [1.54, 1.807) is 0 Å². The van der Waals surface area contributed by atoms with Crippen LogP contribution in [-0.4, -0.2) is 21.0 Å². The number of nitrogens with two attached hydrogens (primary N) is 1. The van der Waals surface area contributed by atoms with Crippen molar-refractivity contribution < 1.29 is 9.90 Å². The molecule has 0 unspecified atom stereocenters. The van der Waals surface area contributed by atoms with Crippen molar-refractivity contribution in [2.75, 3.05) is 0 Å². The zero-order valence-electron chi connectivity index (χ0n) is 6.61. The number of phenols is 1. The lowest BCUT2D eigenvalue weighted by Gasteiger charge is -1.98. The maximum absolute atomic E-state index is 10.8. The van der Waals surface area contributed by atoms with E-state index in [-0.39, 0.29) is 11.3 Å². The van der Waals surface area contributed by atoms with Crippen LogP contribution in [0.25, 0.3) is 11.0 Å². The number of carbonyl (C=O) groups excluding carboxylic acids is 1. The zero-order valence-corrected chi connectivity index (χ0v) is 6.61. The average molecular weight is 177 g/mol. The number of H-pyrrole nitrogens is 1. The van der Waals surface area contributed by atoms with Gasteiger partial charge in [0.1, 0.15) is 5.75 Å². The van der Waals surface area contributed by atoms with Gasteiger partial charge in [-0.1, -0.05) is 0 Å². The van der Waals surface area contributed by atoms with Crippen LogP contribution in [-0.2, 0) is 0 Å². The summed E-state index contributed by atoms with van der Waals surface area (Å²) in [6.45, 7) is 0. The monoisotopic (exact) mass is 177 g/mol. The molecule has 0 saturated carbocycles. The predicted molar refractivity (Wildman–Crippen MR) is 46.3 cm³/mol. The molecule has 2 rings (SSSR count). The molecule has 13 heavy (non-hydrogen) atoms. The normalized spacial score (nSPS) is 10.5. The average Bonchev–Trinajstić information content (AvgIpc) is 2.48. The highest BCUT2D eigenvalue weighted by atomic mass is 16.3. The van der Waals surface area contributed by atoms with Gasteiger partial charge in [-0.3, -0.25) is 4.79 Å². The lowest BCUT2D eigenvalue weighted by Crippen LogP contribution is -2.10. The summed E-state index contributed by atoms with van der Waals surface area (Å²) in [6.07, 6.45) is 1.48. The van der Waals surface area contributed by atoms with Crippen molar-refractivity contribution in [2.45, 2.75) is 0 Å². The third-order valence-corrected chi connectivity index (χ3v) is 1.80. The zero-order chi connectivity index (χ0) is 9.42. The Bertz CT molecular complexity index is 475. The number of hydrogen-bond acceptors (Lipinski definition) is 3. The van der Waals surface area contributed by atoms with Crippen molar-refractivity contribution in [3.8, 4) is 5.75 Å². The number of benzene rings is 1. The molecule has 1 heterocycles. The minimum absolute atomic E-state index is 0.0942. The summed E-state index contributed by atoms with van der Waals surface area (Å²) in [5.74, 6) is -0.805. The van der Waals surface area contributed by atoms with E-state index in [2.05, 4.69) is 9.97 Å². The first-order chi connectivity index (χ1) is 6.18. The molecular formula is C8H7N3O2. The number of fused-ring (bicyclic) bond motifs is 1. The van der Waals surface area contributed by atoms with Gasteiger partial charge in [-0.25, -0.2) is 4.98 Å². The number of rotatable bonds is 1. The van der Waals surface area contributed by atoms with E-state index in [0.717, 1.165) is 0 Å². The highest BCUT2D eigenvalue weighted by Crippen LogP contribution is 2.21. The van der Waals surface area contributed by atoms with E-state index < -0.39 is 5.91 Å². The van der Waals surface area contributed by atoms with E-state index in [1.807, 2.05) is 0 Å². The molecule has 5 nitrogen and oxygen atoms in total. The molecule has 0 aliphatic rings. The van der Waals surface area contributed by atoms with Gasteiger partial charge < -0.3 is 15.8 Å². The Labute approximate surface area is 73.2 Å². The van der Waals surface area contributed by atoms with Gasteiger partial charge in [0.25, 0.3) is 5.91 Å². The van der Waals surface area contributed by atoms with Crippen molar-refractivity contribution in [1.29, 1.82) is 0 Å². The Balaban J connectivity index is 2.76. The van der Waals surface area contributed by atoms with Crippen LogP contribution in [0.5, 0.6) is 5.75 Å². The molecule has 0 atom stereocenters. The molecule has 1 aromatic heterocycles. The van der Waals surface area contributed by atoms with Crippen LogP contribution in [0.15, 0.2) is 18.5 Å². The topological polar surface area (TPSA) is 92.0 Å². The summed E-state index contributed by atoms with van der Waals surface area (Å²) in [7, 11) is 0. The quantitative estimate of drug-likeness (QED) is 0.587. The highest BCUT2D eigenvalue weighted by Gasteiger charge is 2.09. The van der Waals surface area contributed by atoms with Crippen LogP contribution >= 0.6 is 0 Å². The number of carbonyl (C=O) groups is 1. The van der Waals surface area contributed by atoms with Crippen LogP contribution in [0, 0.1) is 0 Å². The second-order valence-electron chi connectivity index (χ2n) is 2.65. The number of imidazole rings is 1. The summed E-state index contributed by atoms with van der Waals surface area (Å²) in [4.78, 5) is 17.5.